The number of furan rings is 1. The molecule has 61 heavy (non-hydrogen) atoms. The summed E-state index contributed by atoms with van der Waals surface area (Å²) in [5.74, 6) is -12.3. The second kappa shape index (κ2) is 16.2. The highest BCUT2D eigenvalue weighted by Crippen LogP contribution is 2.70. The number of esters is 8. The maximum atomic E-state index is 14.5. The number of carbonyl (C=O) groups excluding carboxylic acids is 8. The molecule has 0 amide bonds. The minimum absolute atomic E-state index is 0.0561. The van der Waals surface area contributed by atoms with Gasteiger partial charge in [0.1, 0.15) is 42.0 Å². The first kappa shape index (κ1) is 44.7. The quantitative estimate of drug-likeness (QED) is 0.293. The molecule has 2 aromatic rings. The Morgan fingerprint density at radius 1 is 0.803 bits per heavy atom. The lowest BCUT2D eigenvalue weighted by Gasteiger charge is -2.67. The normalized spacial score (nSPS) is 36.5. The zero-order valence-electron chi connectivity index (χ0n) is 34.8. The number of ether oxygens (including phenoxy) is 9. The van der Waals surface area contributed by atoms with E-state index in [1.54, 1.807) is 6.92 Å². The molecular weight excluding hydrogens is 810 g/mol. The van der Waals surface area contributed by atoms with E-state index < -0.39 is 138 Å². The van der Waals surface area contributed by atoms with Crippen LogP contribution in [-0.2, 0) is 71.4 Å². The summed E-state index contributed by atoms with van der Waals surface area (Å²) in [5, 5.41) is 13.6. The van der Waals surface area contributed by atoms with Crippen LogP contribution >= 0.6 is 0 Å². The van der Waals surface area contributed by atoms with Crippen LogP contribution in [0.4, 0.5) is 0 Å². The Hall–Kier alpha value is -5.89. The van der Waals surface area contributed by atoms with Gasteiger partial charge in [0, 0.05) is 47.0 Å². The number of hydrogen-bond acceptors (Lipinski definition) is 20. The molecule has 0 radical (unpaired) electrons. The SMILES string of the molecule is CC(=O)O[C@@H]1[C@@H]2[C@@H](OC(C)=O)[C@@]34O[C@@]2(C)COC(=O)c2cnccc2[C@@H](C)[C@@H](C)C(=O)O[C@@H]([C@H](OC(C)=O)[C@H](OC(C)=O)[C@@]3(COC(=O)c2ccco2)[C@@H]1OC(C)=O)[C@]4(C)O. The van der Waals surface area contributed by atoms with Gasteiger partial charge in [-0.15, -0.1) is 0 Å². The monoisotopic (exact) mass is 857 g/mol. The summed E-state index contributed by atoms with van der Waals surface area (Å²) in [4.78, 5) is 113. The number of aromatic nitrogens is 1. The molecule has 4 bridgehead atoms. The van der Waals surface area contributed by atoms with Crippen LogP contribution in [0.2, 0.25) is 0 Å². The first-order valence-electron chi connectivity index (χ1n) is 19.3. The van der Waals surface area contributed by atoms with Crippen molar-refractivity contribution in [2.45, 2.75) is 122 Å². The number of nitrogens with zero attached hydrogens (tertiary/aromatic N) is 1. The fraction of sp³-hybridized carbons (Fsp3) is 0.585. The van der Waals surface area contributed by atoms with Gasteiger partial charge < -0.3 is 52.2 Å². The van der Waals surface area contributed by atoms with Crippen LogP contribution in [0.5, 0.6) is 0 Å². The van der Waals surface area contributed by atoms with Crippen molar-refractivity contribution >= 4 is 47.8 Å². The molecule has 3 fully saturated rings. The highest BCUT2D eigenvalue weighted by atomic mass is 16.7. The zero-order valence-corrected chi connectivity index (χ0v) is 34.8. The van der Waals surface area contributed by atoms with Crippen LogP contribution in [0.25, 0.3) is 0 Å². The molecule has 1 N–H and O–H groups in total. The number of pyridine rings is 1. The molecule has 4 heterocycles. The Bertz CT molecular complexity index is 2120. The van der Waals surface area contributed by atoms with E-state index in [9.17, 15) is 43.5 Å². The molecule has 0 aromatic carbocycles. The molecule has 20 nitrogen and oxygen atoms in total. The van der Waals surface area contributed by atoms with Crippen LogP contribution in [0.3, 0.4) is 0 Å². The van der Waals surface area contributed by atoms with Crippen molar-refractivity contribution in [2.24, 2.45) is 17.3 Å². The third-order valence-corrected chi connectivity index (χ3v) is 12.2. The molecule has 6 rings (SSSR count). The first-order valence-corrected chi connectivity index (χ1v) is 19.3. The Kier molecular flexibility index (Phi) is 11.8. The molecule has 13 atom stereocenters. The number of rotatable bonds is 8. The largest absolute Gasteiger partial charge is 0.459 e. The van der Waals surface area contributed by atoms with Gasteiger partial charge in [0.15, 0.2) is 30.0 Å². The fourth-order valence-corrected chi connectivity index (χ4v) is 9.73. The van der Waals surface area contributed by atoms with Crippen molar-refractivity contribution in [1.82, 2.24) is 4.98 Å². The van der Waals surface area contributed by atoms with Crippen LogP contribution in [0.15, 0.2) is 41.3 Å². The van der Waals surface area contributed by atoms with Crippen molar-refractivity contribution in [2.75, 3.05) is 13.2 Å². The third-order valence-electron chi connectivity index (χ3n) is 12.2. The number of aliphatic hydroxyl groups is 1. The minimum Gasteiger partial charge on any atom is -0.459 e. The van der Waals surface area contributed by atoms with Crippen molar-refractivity contribution in [1.29, 1.82) is 0 Å². The van der Waals surface area contributed by atoms with E-state index in [0.29, 0.717) is 5.56 Å². The molecule has 1 saturated heterocycles. The lowest BCUT2D eigenvalue weighted by atomic mass is 9.45. The molecule has 2 aliphatic heterocycles. The Morgan fingerprint density at radius 3 is 1.95 bits per heavy atom. The van der Waals surface area contributed by atoms with E-state index in [1.807, 2.05) is 0 Å². The van der Waals surface area contributed by atoms with Gasteiger partial charge in [0.25, 0.3) is 0 Å². The Morgan fingerprint density at radius 2 is 1.38 bits per heavy atom. The third kappa shape index (κ3) is 7.28. The minimum atomic E-state index is -2.87. The number of carbonyl (C=O) groups is 8. The standard InChI is InChI=1S/C41H47NO19/c1-18-19(2)35(48)60-32-30(56-21(4)44)34(59-24(7)47)40(17-54-37(50)27-11-10-14-52-27)33(58-23(6)46)29(55-20(3)43)28-31(57-22(5)45)41(40,39(32,9)51)61-38(28,8)16-53-36(49)26-15-42-13-12-25(18)26/h10-15,18-19,28-34,51H,16-17H2,1-9H3/t18-,19+,28+,29+,30-,31+,32-,33+,34-,38-,39-,40+,41-/m0/s1. The zero-order chi connectivity index (χ0) is 45.0. The molecule has 0 unspecified atom stereocenters. The van der Waals surface area contributed by atoms with Gasteiger partial charge in [-0.2, -0.15) is 0 Å². The summed E-state index contributed by atoms with van der Waals surface area (Å²) in [7, 11) is 0. The lowest BCUT2D eigenvalue weighted by Crippen LogP contribution is -2.89. The van der Waals surface area contributed by atoms with Gasteiger partial charge in [-0.05, 0) is 43.5 Å². The van der Waals surface area contributed by atoms with Crippen LogP contribution in [-0.4, -0.2) is 124 Å². The van der Waals surface area contributed by atoms with Crippen molar-refractivity contribution < 1.29 is 90.5 Å². The molecule has 2 aliphatic carbocycles. The van der Waals surface area contributed by atoms with Crippen LogP contribution in [0, 0.1) is 17.3 Å². The van der Waals surface area contributed by atoms with Crippen LogP contribution in [0.1, 0.15) is 94.7 Å². The lowest BCUT2D eigenvalue weighted by molar-refractivity contribution is -0.386. The molecule has 4 aliphatic rings. The predicted octanol–water partition coefficient (Wildman–Crippen LogP) is 1.92. The van der Waals surface area contributed by atoms with Gasteiger partial charge in [-0.3, -0.25) is 33.8 Å². The van der Waals surface area contributed by atoms with Gasteiger partial charge in [0.05, 0.1) is 23.7 Å². The summed E-state index contributed by atoms with van der Waals surface area (Å²) in [5.41, 5.74) is -10.2. The summed E-state index contributed by atoms with van der Waals surface area (Å²) >= 11 is 0. The first-order chi connectivity index (χ1) is 28.5. The van der Waals surface area contributed by atoms with E-state index >= 15 is 0 Å². The molecule has 330 valence electrons. The molecule has 20 heteroatoms. The average Bonchev–Trinajstić information content (AvgIpc) is 3.79. The second-order valence-electron chi connectivity index (χ2n) is 16.1. The topological polar surface area (TPSA) is 266 Å². The van der Waals surface area contributed by atoms with Gasteiger partial charge in [-0.25, -0.2) is 9.59 Å². The summed E-state index contributed by atoms with van der Waals surface area (Å²) < 4.78 is 60.2. The maximum absolute atomic E-state index is 14.5. The highest BCUT2D eigenvalue weighted by Gasteiger charge is 2.92. The van der Waals surface area contributed by atoms with Gasteiger partial charge in [-0.1, -0.05) is 13.8 Å². The summed E-state index contributed by atoms with van der Waals surface area (Å²) in [6.07, 6.45) is -8.47. The van der Waals surface area contributed by atoms with E-state index in [2.05, 4.69) is 4.98 Å². The summed E-state index contributed by atoms with van der Waals surface area (Å²) in [6.45, 7) is 8.51. The van der Waals surface area contributed by atoms with E-state index in [4.69, 9.17) is 47.0 Å². The van der Waals surface area contributed by atoms with Crippen molar-refractivity contribution in [3.63, 3.8) is 0 Å². The number of fused-ring (bicyclic) bond motifs is 5. The highest BCUT2D eigenvalue weighted by molar-refractivity contribution is 5.91. The van der Waals surface area contributed by atoms with E-state index in [0.717, 1.165) is 47.8 Å². The summed E-state index contributed by atoms with van der Waals surface area (Å²) in [6, 6.07) is 4.11. The smallest absolute Gasteiger partial charge is 0.374 e. The fourth-order valence-electron chi connectivity index (χ4n) is 9.73. The Balaban J connectivity index is 1.79. The predicted molar refractivity (Wildman–Crippen MR) is 198 cm³/mol. The van der Waals surface area contributed by atoms with Crippen molar-refractivity contribution in [3.8, 4) is 0 Å². The molecule has 2 aromatic heterocycles. The van der Waals surface area contributed by atoms with E-state index in [-0.39, 0.29) is 11.3 Å². The Labute approximate surface area is 348 Å². The van der Waals surface area contributed by atoms with Gasteiger partial charge in [0.2, 0.25) is 5.76 Å². The number of cyclic esters (lactones) is 1. The molecule has 1 spiro atoms. The maximum Gasteiger partial charge on any atom is 0.374 e. The number of hydrogen-bond donors (Lipinski definition) is 1. The average molecular weight is 858 g/mol. The van der Waals surface area contributed by atoms with Crippen molar-refractivity contribution in [3.05, 3.63) is 53.7 Å². The second-order valence-corrected chi connectivity index (χ2v) is 16.1. The molecular formula is C41H47NO19. The van der Waals surface area contributed by atoms with Gasteiger partial charge >= 0.3 is 47.8 Å². The molecule has 2 saturated carbocycles. The van der Waals surface area contributed by atoms with E-state index in [1.165, 1.54) is 44.4 Å². The van der Waals surface area contributed by atoms with Crippen LogP contribution < -0.4 is 0 Å².